The van der Waals surface area contributed by atoms with Gasteiger partial charge in [0.1, 0.15) is 23.2 Å². The van der Waals surface area contributed by atoms with Crippen LogP contribution < -0.4 is 10.9 Å². The molecule has 1 amide bonds. The summed E-state index contributed by atoms with van der Waals surface area (Å²) < 4.78 is 2.87. The van der Waals surface area contributed by atoms with E-state index in [1.165, 1.54) is 39.6 Å². The first-order chi connectivity index (χ1) is 13.0. The van der Waals surface area contributed by atoms with E-state index in [0.717, 1.165) is 0 Å². The second kappa shape index (κ2) is 6.60. The molecule has 0 aliphatic heterocycles. The van der Waals surface area contributed by atoms with Gasteiger partial charge in [-0.1, -0.05) is 17.7 Å². The molecule has 4 rings (SSSR count). The monoisotopic (exact) mass is 400 g/mol. The zero-order chi connectivity index (χ0) is 19.1. The average Bonchev–Trinajstić information content (AvgIpc) is 3.27. The number of anilines is 1. The van der Waals surface area contributed by atoms with E-state index in [2.05, 4.69) is 20.4 Å². The molecular formula is C17H13ClN6O2S. The minimum atomic E-state index is -0.346. The molecule has 0 spiro atoms. The third kappa shape index (κ3) is 2.90. The molecule has 0 saturated carbocycles. The summed E-state index contributed by atoms with van der Waals surface area (Å²) in [6, 6.07) is 5.15. The minimum absolute atomic E-state index is 0.182. The Morgan fingerprint density at radius 3 is 2.85 bits per heavy atom. The summed E-state index contributed by atoms with van der Waals surface area (Å²) in [5, 5.41) is 7.81. The van der Waals surface area contributed by atoms with E-state index in [1.54, 1.807) is 32.2 Å². The number of benzene rings is 1. The molecule has 8 nitrogen and oxygen atoms in total. The lowest BCUT2D eigenvalue weighted by molar-refractivity contribution is 0.103. The molecule has 136 valence electrons. The number of hydrogen-bond acceptors (Lipinski definition) is 6. The highest BCUT2D eigenvalue weighted by molar-refractivity contribution is 7.20. The van der Waals surface area contributed by atoms with Gasteiger partial charge in [0.2, 0.25) is 0 Å². The number of fused-ring (bicyclic) bond motifs is 1. The highest BCUT2D eigenvalue weighted by Crippen LogP contribution is 2.31. The summed E-state index contributed by atoms with van der Waals surface area (Å²) >= 11 is 7.47. The first-order valence-electron chi connectivity index (χ1n) is 7.87. The van der Waals surface area contributed by atoms with Crippen molar-refractivity contribution in [2.75, 3.05) is 5.32 Å². The molecule has 27 heavy (non-hydrogen) atoms. The van der Waals surface area contributed by atoms with Crippen LogP contribution in [-0.4, -0.2) is 30.2 Å². The normalized spacial score (nSPS) is 11.1. The lowest BCUT2D eigenvalue weighted by atomic mass is 10.2. The molecule has 0 fully saturated rings. The topological polar surface area (TPSA) is 94.7 Å². The number of carbonyl (C=O) groups excluding carboxylic acids is 1. The van der Waals surface area contributed by atoms with E-state index >= 15 is 0 Å². The average molecular weight is 401 g/mol. The van der Waals surface area contributed by atoms with Crippen LogP contribution in [0.1, 0.15) is 15.2 Å². The van der Waals surface area contributed by atoms with Crippen molar-refractivity contribution < 1.29 is 4.79 Å². The van der Waals surface area contributed by atoms with Gasteiger partial charge in [0.15, 0.2) is 0 Å². The molecule has 0 aliphatic carbocycles. The molecular weight excluding hydrogens is 388 g/mol. The molecule has 1 aromatic carbocycles. The number of para-hydroxylation sites is 1. The molecule has 0 saturated heterocycles. The lowest BCUT2D eigenvalue weighted by Gasteiger charge is -2.12. The van der Waals surface area contributed by atoms with Crippen LogP contribution in [0.2, 0.25) is 5.02 Å². The molecule has 0 aliphatic rings. The van der Waals surface area contributed by atoms with Crippen molar-refractivity contribution in [1.82, 2.24) is 24.3 Å². The van der Waals surface area contributed by atoms with Crippen LogP contribution in [-0.2, 0) is 7.05 Å². The number of halogens is 1. The largest absolute Gasteiger partial charge is 0.319 e. The number of aromatic nitrogens is 5. The number of rotatable bonds is 3. The van der Waals surface area contributed by atoms with Crippen LogP contribution in [0.15, 0.2) is 42.0 Å². The van der Waals surface area contributed by atoms with Crippen LogP contribution in [0.5, 0.6) is 0 Å². The first-order valence-corrected chi connectivity index (χ1v) is 9.06. The van der Waals surface area contributed by atoms with E-state index in [1.807, 2.05) is 0 Å². The van der Waals surface area contributed by atoms with Crippen molar-refractivity contribution in [2.45, 2.75) is 6.92 Å². The van der Waals surface area contributed by atoms with E-state index < -0.39 is 0 Å². The zero-order valence-corrected chi connectivity index (χ0v) is 15.9. The number of hydrogen-bond donors (Lipinski definition) is 1. The van der Waals surface area contributed by atoms with Gasteiger partial charge in [-0.25, -0.2) is 14.6 Å². The Kier molecular flexibility index (Phi) is 4.25. The number of nitrogens with one attached hydrogen (secondary N) is 1. The minimum Gasteiger partial charge on any atom is -0.319 e. The maximum absolute atomic E-state index is 12.9. The second-order valence-electron chi connectivity index (χ2n) is 5.83. The number of thiophene rings is 1. The SMILES string of the molecule is Cc1c(C(=O)Nc2cccc(Cl)c2-n2cncn2)sc2ncn(C)c(=O)c12. The summed E-state index contributed by atoms with van der Waals surface area (Å²) in [7, 11) is 1.63. The Balaban J connectivity index is 1.78. The van der Waals surface area contributed by atoms with E-state index in [0.29, 0.717) is 37.1 Å². The standard InChI is InChI=1S/C17H13ClN6O2S/c1-9-12-16(20-8-23(2)17(12)26)27-14(9)15(25)22-11-5-3-4-10(18)13(11)24-7-19-6-21-24/h3-8H,1-2H3,(H,22,25). The predicted octanol–water partition coefficient (Wildman–Crippen LogP) is 2.79. The second-order valence-corrected chi connectivity index (χ2v) is 7.23. The van der Waals surface area contributed by atoms with Crippen molar-refractivity contribution in [3.8, 4) is 5.69 Å². The smallest absolute Gasteiger partial charge is 0.266 e. The van der Waals surface area contributed by atoms with Gasteiger partial charge < -0.3 is 9.88 Å². The van der Waals surface area contributed by atoms with Gasteiger partial charge in [-0.05, 0) is 24.6 Å². The molecule has 0 bridgehead atoms. The van der Waals surface area contributed by atoms with Crippen molar-refractivity contribution in [3.05, 3.63) is 63.0 Å². The van der Waals surface area contributed by atoms with Gasteiger partial charge in [0, 0.05) is 7.05 Å². The highest BCUT2D eigenvalue weighted by atomic mass is 35.5. The van der Waals surface area contributed by atoms with E-state index in [9.17, 15) is 9.59 Å². The zero-order valence-electron chi connectivity index (χ0n) is 14.3. The molecule has 0 atom stereocenters. The molecule has 3 heterocycles. The Morgan fingerprint density at radius 1 is 1.30 bits per heavy atom. The number of nitrogens with zero attached hydrogens (tertiary/aromatic N) is 5. The van der Waals surface area contributed by atoms with Crippen molar-refractivity contribution in [1.29, 1.82) is 0 Å². The summed E-state index contributed by atoms with van der Waals surface area (Å²) in [6.07, 6.45) is 4.32. The van der Waals surface area contributed by atoms with E-state index in [-0.39, 0.29) is 11.5 Å². The van der Waals surface area contributed by atoms with Crippen molar-refractivity contribution >= 4 is 44.7 Å². The predicted molar refractivity (Wildman–Crippen MR) is 104 cm³/mol. The van der Waals surface area contributed by atoms with Crippen LogP contribution in [0, 0.1) is 6.92 Å². The number of carbonyl (C=O) groups is 1. The van der Waals surface area contributed by atoms with Crippen LogP contribution in [0.25, 0.3) is 15.9 Å². The molecule has 4 aromatic rings. The van der Waals surface area contributed by atoms with Gasteiger partial charge in [0.05, 0.1) is 27.3 Å². The molecule has 1 N–H and O–H groups in total. The summed E-state index contributed by atoms with van der Waals surface area (Å²) in [5.74, 6) is -0.346. The maximum Gasteiger partial charge on any atom is 0.266 e. The molecule has 0 unspecified atom stereocenters. The van der Waals surface area contributed by atoms with Crippen molar-refractivity contribution in [3.63, 3.8) is 0 Å². The maximum atomic E-state index is 12.9. The third-order valence-electron chi connectivity index (χ3n) is 4.10. The first kappa shape index (κ1) is 17.4. The number of aryl methyl sites for hydroxylation is 2. The fourth-order valence-electron chi connectivity index (χ4n) is 2.78. The quantitative estimate of drug-likeness (QED) is 0.570. The fourth-order valence-corrected chi connectivity index (χ4v) is 4.07. The Hall–Kier alpha value is -3.04. The van der Waals surface area contributed by atoms with Crippen molar-refractivity contribution in [2.24, 2.45) is 7.05 Å². The summed E-state index contributed by atoms with van der Waals surface area (Å²) in [6.45, 7) is 1.74. The summed E-state index contributed by atoms with van der Waals surface area (Å²) in [5.41, 5.74) is 1.41. The van der Waals surface area contributed by atoms with Crippen LogP contribution in [0.3, 0.4) is 0 Å². The summed E-state index contributed by atoms with van der Waals surface area (Å²) in [4.78, 5) is 34.4. The Morgan fingerprint density at radius 2 is 2.11 bits per heavy atom. The molecule has 3 aromatic heterocycles. The van der Waals surface area contributed by atoms with Gasteiger partial charge in [0.25, 0.3) is 11.5 Å². The van der Waals surface area contributed by atoms with E-state index in [4.69, 9.17) is 11.6 Å². The lowest BCUT2D eigenvalue weighted by Crippen LogP contribution is -2.17. The fraction of sp³-hybridized carbons (Fsp3) is 0.118. The van der Waals surface area contributed by atoms with Gasteiger partial charge in [-0.3, -0.25) is 9.59 Å². The highest BCUT2D eigenvalue weighted by Gasteiger charge is 2.21. The molecule has 0 radical (unpaired) electrons. The third-order valence-corrected chi connectivity index (χ3v) is 5.60. The van der Waals surface area contributed by atoms with Crippen LogP contribution in [0.4, 0.5) is 5.69 Å². The number of amides is 1. The molecule has 10 heteroatoms. The van der Waals surface area contributed by atoms with Gasteiger partial charge in [-0.15, -0.1) is 11.3 Å². The Bertz CT molecular complexity index is 1230. The Labute approximate surface area is 162 Å². The van der Waals surface area contributed by atoms with Gasteiger partial charge in [-0.2, -0.15) is 5.10 Å². The van der Waals surface area contributed by atoms with Crippen LogP contribution >= 0.6 is 22.9 Å². The van der Waals surface area contributed by atoms with Gasteiger partial charge >= 0.3 is 0 Å².